The summed E-state index contributed by atoms with van der Waals surface area (Å²) in [6.45, 7) is 9.84. The standard InChI is InChI=1S/C20H24BrN3O3/c1-11-8-15(21)13-7-6-12(25)9-14(13)17(11)22-18(26)23-20(5)10-16(27-24-20)19(2,3)4/h6-10,24-25H,1-5H3,(H2,22,23,26). The van der Waals surface area contributed by atoms with Gasteiger partial charge in [-0.25, -0.2) is 4.79 Å². The number of anilines is 1. The molecule has 4 N–H and O–H groups in total. The highest BCUT2D eigenvalue weighted by molar-refractivity contribution is 9.10. The first-order chi connectivity index (χ1) is 12.5. The molecule has 0 saturated heterocycles. The molecule has 6 nitrogen and oxygen atoms in total. The molecule has 0 bridgehead atoms. The number of hydrogen-bond acceptors (Lipinski definition) is 4. The molecule has 0 fully saturated rings. The third-order valence-corrected chi connectivity index (χ3v) is 5.07. The monoisotopic (exact) mass is 433 g/mol. The number of halogens is 1. The topological polar surface area (TPSA) is 82.6 Å². The number of rotatable bonds is 2. The van der Waals surface area contributed by atoms with Gasteiger partial charge in [-0.1, -0.05) is 36.7 Å². The number of carbonyl (C=O) groups is 1. The largest absolute Gasteiger partial charge is 0.508 e. The first-order valence-electron chi connectivity index (χ1n) is 8.67. The fourth-order valence-corrected chi connectivity index (χ4v) is 3.65. The summed E-state index contributed by atoms with van der Waals surface area (Å²) in [6.07, 6.45) is 1.87. The number of aromatic hydroxyl groups is 1. The number of urea groups is 1. The van der Waals surface area contributed by atoms with Crippen molar-refractivity contribution in [3.05, 3.63) is 46.1 Å². The van der Waals surface area contributed by atoms with E-state index in [9.17, 15) is 9.90 Å². The maximum absolute atomic E-state index is 12.7. The molecule has 0 spiro atoms. The first kappa shape index (κ1) is 19.5. The number of benzene rings is 2. The van der Waals surface area contributed by atoms with Crippen LogP contribution < -0.4 is 16.1 Å². The van der Waals surface area contributed by atoms with Crippen LogP contribution in [0.5, 0.6) is 5.75 Å². The predicted octanol–water partition coefficient (Wildman–Crippen LogP) is 4.92. The van der Waals surface area contributed by atoms with Gasteiger partial charge in [0, 0.05) is 15.3 Å². The Morgan fingerprint density at radius 1 is 1.26 bits per heavy atom. The van der Waals surface area contributed by atoms with Gasteiger partial charge in [0.25, 0.3) is 0 Å². The Morgan fingerprint density at radius 2 is 1.96 bits per heavy atom. The number of amides is 2. The summed E-state index contributed by atoms with van der Waals surface area (Å²) in [6, 6.07) is 6.62. The highest BCUT2D eigenvalue weighted by atomic mass is 79.9. The maximum atomic E-state index is 12.7. The minimum Gasteiger partial charge on any atom is -0.508 e. The lowest BCUT2D eigenvalue weighted by Gasteiger charge is -2.23. The highest BCUT2D eigenvalue weighted by Gasteiger charge is 2.35. The van der Waals surface area contributed by atoms with Gasteiger partial charge in [0.05, 0.1) is 5.69 Å². The Labute approximate surface area is 167 Å². The number of phenolic OH excluding ortho intramolecular Hbond substituents is 1. The van der Waals surface area contributed by atoms with E-state index < -0.39 is 5.66 Å². The highest BCUT2D eigenvalue weighted by Crippen LogP contribution is 2.36. The molecule has 1 atom stereocenters. The molecule has 0 aromatic heterocycles. The van der Waals surface area contributed by atoms with Gasteiger partial charge in [-0.05, 0) is 55.1 Å². The van der Waals surface area contributed by atoms with Crippen molar-refractivity contribution in [2.24, 2.45) is 5.41 Å². The first-order valence-corrected chi connectivity index (χ1v) is 9.46. The van der Waals surface area contributed by atoms with Crippen LogP contribution in [0, 0.1) is 12.3 Å². The van der Waals surface area contributed by atoms with Gasteiger partial charge >= 0.3 is 6.03 Å². The average Bonchev–Trinajstić information content (AvgIpc) is 2.93. The molecule has 0 saturated carbocycles. The number of aryl methyl sites for hydroxylation is 1. The molecular weight excluding hydrogens is 410 g/mol. The summed E-state index contributed by atoms with van der Waals surface area (Å²) < 4.78 is 0.900. The Balaban J connectivity index is 1.87. The van der Waals surface area contributed by atoms with Crippen molar-refractivity contribution in [2.75, 3.05) is 5.32 Å². The zero-order valence-corrected chi connectivity index (χ0v) is 17.6. The van der Waals surface area contributed by atoms with E-state index in [-0.39, 0.29) is 17.2 Å². The van der Waals surface area contributed by atoms with E-state index in [0.29, 0.717) is 5.69 Å². The number of carbonyl (C=O) groups excluding carboxylic acids is 1. The molecule has 7 heteroatoms. The van der Waals surface area contributed by atoms with E-state index in [1.165, 1.54) is 0 Å². The molecule has 2 aromatic rings. The smallest absolute Gasteiger partial charge is 0.321 e. The Hall–Kier alpha value is -2.25. The number of hydroxylamine groups is 1. The molecule has 27 heavy (non-hydrogen) atoms. The van der Waals surface area contributed by atoms with Crippen LogP contribution in [0.1, 0.15) is 33.3 Å². The van der Waals surface area contributed by atoms with Crippen molar-refractivity contribution in [3.8, 4) is 5.75 Å². The van der Waals surface area contributed by atoms with Crippen molar-refractivity contribution < 1.29 is 14.7 Å². The van der Waals surface area contributed by atoms with Crippen LogP contribution in [0.3, 0.4) is 0 Å². The van der Waals surface area contributed by atoms with E-state index in [4.69, 9.17) is 4.84 Å². The molecule has 144 valence electrons. The Bertz CT molecular complexity index is 950. The summed E-state index contributed by atoms with van der Waals surface area (Å²) in [5.41, 5.74) is 3.39. The summed E-state index contributed by atoms with van der Waals surface area (Å²) in [4.78, 5) is 18.2. The summed E-state index contributed by atoms with van der Waals surface area (Å²) >= 11 is 3.53. The quantitative estimate of drug-likeness (QED) is 0.541. The van der Waals surface area contributed by atoms with Crippen molar-refractivity contribution in [1.82, 2.24) is 10.8 Å². The number of phenols is 1. The van der Waals surface area contributed by atoms with Crippen LogP contribution in [-0.4, -0.2) is 16.8 Å². The second-order valence-electron chi connectivity index (χ2n) is 8.02. The number of fused-ring (bicyclic) bond motifs is 1. The van der Waals surface area contributed by atoms with Crippen molar-refractivity contribution in [3.63, 3.8) is 0 Å². The lowest BCUT2D eigenvalue weighted by Crippen LogP contribution is -2.53. The second-order valence-corrected chi connectivity index (χ2v) is 8.88. The summed E-state index contributed by atoms with van der Waals surface area (Å²) in [5.74, 6) is 0.902. The van der Waals surface area contributed by atoms with Crippen molar-refractivity contribution in [1.29, 1.82) is 0 Å². The third-order valence-electron chi connectivity index (χ3n) is 4.41. The van der Waals surface area contributed by atoms with Crippen molar-refractivity contribution >= 4 is 38.4 Å². The molecule has 1 aliphatic rings. The SMILES string of the molecule is Cc1cc(Br)c2ccc(O)cc2c1NC(=O)NC1(C)C=C(C(C)(C)C)ON1. The normalized spacial score (nSPS) is 19.6. The lowest BCUT2D eigenvalue weighted by atomic mass is 9.92. The van der Waals surface area contributed by atoms with E-state index >= 15 is 0 Å². The number of hydrogen-bond donors (Lipinski definition) is 4. The molecule has 2 amide bonds. The number of allylic oxidation sites excluding steroid dienone is 1. The van der Waals surface area contributed by atoms with Gasteiger partial charge in [-0.3, -0.25) is 0 Å². The minimum atomic E-state index is -0.825. The molecule has 2 aromatic carbocycles. The Morgan fingerprint density at radius 3 is 2.59 bits per heavy atom. The fourth-order valence-electron chi connectivity index (χ4n) is 2.96. The van der Waals surface area contributed by atoms with Crippen LogP contribution in [0.4, 0.5) is 10.5 Å². The molecule has 0 radical (unpaired) electrons. The predicted molar refractivity (Wildman–Crippen MR) is 110 cm³/mol. The maximum Gasteiger partial charge on any atom is 0.321 e. The van der Waals surface area contributed by atoms with E-state index in [2.05, 4.69) is 32.0 Å². The molecule has 3 rings (SSSR count). The van der Waals surface area contributed by atoms with E-state index in [1.807, 2.05) is 52.8 Å². The van der Waals surface area contributed by atoms with Crippen LogP contribution in [0.2, 0.25) is 0 Å². The van der Waals surface area contributed by atoms with Gasteiger partial charge in [0.2, 0.25) is 0 Å². The van der Waals surface area contributed by atoms with Gasteiger partial charge in [-0.2, -0.15) is 0 Å². The molecule has 1 unspecified atom stereocenters. The van der Waals surface area contributed by atoms with Crippen LogP contribution in [0.25, 0.3) is 10.8 Å². The molecular formula is C20H24BrN3O3. The van der Waals surface area contributed by atoms with Gasteiger partial charge in [0.1, 0.15) is 17.2 Å². The third kappa shape index (κ3) is 4.04. The zero-order valence-electron chi connectivity index (χ0n) is 16.0. The molecule has 1 aliphatic heterocycles. The Kier molecular flexibility index (Phi) is 4.86. The van der Waals surface area contributed by atoms with Crippen LogP contribution in [0.15, 0.2) is 40.6 Å². The van der Waals surface area contributed by atoms with Gasteiger partial charge in [-0.15, -0.1) is 5.48 Å². The van der Waals surface area contributed by atoms with Crippen LogP contribution >= 0.6 is 15.9 Å². The molecule has 0 aliphatic carbocycles. The zero-order chi connectivity index (χ0) is 20.0. The number of nitrogens with one attached hydrogen (secondary N) is 3. The van der Waals surface area contributed by atoms with Crippen LogP contribution in [-0.2, 0) is 4.84 Å². The van der Waals surface area contributed by atoms with E-state index in [1.54, 1.807) is 12.1 Å². The average molecular weight is 434 g/mol. The minimum absolute atomic E-state index is 0.138. The molecule has 1 heterocycles. The second kappa shape index (κ2) is 6.73. The summed E-state index contributed by atoms with van der Waals surface area (Å²) in [5, 5.41) is 17.3. The fraction of sp³-hybridized carbons (Fsp3) is 0.350. The summed E-state index contributed by atoms with van der Waals surface area (Å²) in [7, 11) is 0. The van der Waals surface area contributed by atoms with E-state index in [0.717, 1.165) is 26.6 Å². The van der Waals surface area contributed by atoms with Gasteiger partial charge in [0.15, 0.2) is 0 Å². The van der Waals surface area contributed by atoms with Crippen molar-refractivity contribution in [2.45, 2.75) is 40.3 Å². The van der Waals surface area contributed by atoms with Gasteiger partial charge < -0.3 is 20.6 Å². The lowest BCUT2D eigenvalue weighted by molar-refractivity contribution is 0.0493.